The number of ether oxygens (including phenoxy) is 1. The SMILES string of the molecule is C=C[C@]1(C)C[C@@H](OC(=O)CSC2CCCN(C(=O)C(N)C(C)C)C2)[C@]2(C)[C@H](C)CC[C@]3(CCC(=O)[C@H]32)[C@@H](C)[C@@H]1O.O=C(O)CCCCCCCC(=O)O. The third-order valence-electron chi connectivity index (χ3n) is 13.5. The zero-order chi connectivity index (χ0) is 39.7. The Morgan fingerprint density at radius 3 is 2.19 bits per heavy atom. The Kier molecular flexibility index (Phi) is 16.5. The number of carboxylic acid groups (broad SMARTS) is 2. The van der Waals surface area contributed by atoms with Crippen molar-refractivity contribution in [2.75, 3.05) is 18.8 Å². The highest BCUT2D eigenvalue weighted by Crippen LogP contribution is 2.68. The molecule has 302 valence electrons. The number of carbonyl (C=O) groups is 5. The number of aliphatic carboxylic acids is 2. The van der Waals surface area contributed by atoms with E-state index < -0.39 is 41.0 Å². The molecule has 2 bridgehead atoms. The molecule has 11 nitrogen and oxygen atoms in total. The van der Waals surface area contributed by atoms with E-state index in [2.05, 4.69) is 27.4 Å². The summed E-state index contributed by atoms with van der Waals surface area (Å²) in [6, 6.07) is -0.506. The van der Waals surface area contributed by atoms with Crippen molar-refractivity contribution in [3.05, 3.63) is 12.7 Å². The van der Waals surface area contributed by atoms with Gasteiger partial charge in [-0.05, 0) is 74.5 Å². The number of rotatable bonds is 15. The first-order valence-corrected chi connectivity index (χ1v) is 21.0. The lowest BCUT2D eigenvalue weighted by Gasteiger charge is -2.61. The number of thioether (sulfide) groups is 1. The molecule has 0 spiro atoms. The van der Waals surface area contributed by atoms with E-state index in [9.17, 15) is 29.1 Å². The maximum Gasteiger partial charge on any atom is 0.316 e. The Hall–Kier alpha value is -2.44. The zero-order valence-electron chi connectivity index (χ0n) is 33.1. The maximum absolute atomic E-state index is 13.6. The monoisotopic (exact) mass is 764 g/mol. The first-order chi connectivity index (χ1) is 24.8. The molecule has 0 aromatic rings. The van der Waals surface area contributed by atoms with Gasteiger partial charge in [-0.25, -0.2) is 0 Å². The summed E-state index contributed by atoms with van der Waals surface area (Å²) >= 11 is 1.55. The predicted octanol–water partition coefficient (Wildman–Crippen LogP) is 6.49. The van der Waals surface area contributed by atoms with E-state index in [0.29, 0.717) is 38.8 Å². The number of hydrogen-bond donors (Lipinski definition) is 4. The maximum atomic E-state index is 13.6. The van der Waals surface area contributed by atoms with Crippen LogP contribution < -0.4 is 5.73 Å². The number of amides is 1. The summed E-state index contributed by atoms with van der Waals surface area (Å²) in [5, 5.41) is 28.5. The number of carbonyl (C=O) groups excluding carboxylic acids is 3. The molecule has 0 radical (unpaired) electrons. The van der Waals surface area contributed by atoms with Crippen LogP contribution in [0.1, 0.15) is 131 Å². The first-order valence-electron chi connectivity index (χ1n) is 20.0. The van der Waals surface area contributed by atoms with Crippen molar-refractivity contribution in [1.29, 1.82) is 0 Å². The fourth-order valence-corrected chi connectivity index (χ4v) is 10.8. The lowest BCUT2D eigenvalue weighted by atomic mass is 9.44. The topological polar surface area (TPSA) is 185 Å². The minimum atomic E-state index is -0.759. The van der Waals surface area contributed by atoms with E-state index in [1.165, 1.54) is 0 Å². The molecule has 1 aliphatic heterocycles. The van der Waals surface area contributed by atoms with Crippen LogP contribution in [0.3, 0.4) is 0 Å². The second-order valence-electron chi connectivity index (χ2n) is 17.2. The van der Waals surface area contributed by atoms with Gasteiger partial charge in [0.15, 0.2) is 0 Å². The summed E-state index contributed by atoms with van der Waals surface area (Å²) < 4.78 is 6.38. The molecule has 12 heteroatoms. The number of piperidine rings is 1. The molecule has 1 amide bonds. The van der Waals surface area contributed by atoms with E-state index >= 15 is 0 Å². The second-order valence-corrected chi connectivity index (χ2v) is 18.5. The number of aliphatic hydroxyl groups excluding tert-OH is 1. The van der Waals surface area contributed by atoms with E-state index in [0.717, 1.165) is 51.4 Å². The van der Waals surface area contributed by atoms with Gasteiger partial charge in [0.1, 0.15) is 11.9 Å². The molecule has 5 N–H and O–H groups in total. The predicted molar refractivity (Wildman–Crippen MR) is 207 cm³/mol. The number of aliphatic hydroxyl groups is 1. The molecule has 0 aromatic carbocycles. The normalized spacial score (nSPS) is 34.5. The highest BCUT2D eigenvalue weighted by atomic mass is 32.2. The Bertz CT molecular complexity index is 1290. The number of Topliss-reactive ketones (excluding diaryl/α,β-unsaturated/α-hetero) is 1. The van der Waals surface area contributed by atoms with Gasteiger partial charge in [-0.1, -0.05) is 66.9 Å². The standard InChI is InChI=1S/C32H52N2O5S.C9H16O4/c1-8-30(6)16-24(31(7)20(4)11-13-32(21(5)28(30)37)14-12-23(35)27(31)32)39-25(36)18-40-22-10-9-15-34(17-22)29(38)26(33)19(2)3;10-8(11)6-4-2-1-3-5-7-9(12)13/h8,19-22,24,26-28,37H,1,9-18,33H2,2-7H3;1-7H2,(H,10,11)(H,12,13)/t20-,21+,22?,24-,26?,27+,28+,30-,31+,32+;/m1./s1. The molecule has 10 atom stereocenters. The second kappa shape index (κ2) is 19.4. The van der Waals surface area contributed by atoms with Gasteiger partial charge in [0.2, 0.25) is 5.91 Å². The third-order valence-corrected chi connectivity index (χ3v) is 14.7. The number of likely N-dealkylation sites (tertiary alicyclic amines) is 1. The zero-order valence-corrected chi connectivity index (χ0v) is 34.0. The molecule has 4 fully saturated rings. The van der Waals surface area contributed by atoms with Crippen LogP contribution in [0, 0.1) is 39.9 Å². The van der Waals surface area contributed by atoms with E-state index in [4.69, 9.17) is 20.7 Å². The van der Waals surface area contributed by atoms with Crippen LogP contribution in [0.25, 0.3) is 0 Å². The molecule has 3 aliphatic carbocycles. The minimum Gasteiger partial charge on any atom is -0.481 e. The van der Waals surface area contributed by atoms with Crippen molar-refractivity contribution in [3.8, 4) is 0 Å². The highest BCUT2D eigenvalue weighted by Gasteiger charge is 2.68. The van der Waals surface area contributed by atoms with Crippen LogP contribution in [0.2, 0.25) is 0 Å². The summed E-state index contributed by atoms with van der Waals surface area (Å²) in [7, 11) is 0. The lowest BCUT2D eigenvalue weighted by Crippen LogP contribution is -2.63. The molecule has 3 saturated carbocycles. The molecule has 53 heavy (non-hydrogen) atoms. The molecule has 0 aromatic heterocycles. The van der Waals surface area contributed by atoms with Gasteiger partial charge >= 0.3 is 17.9 Å². The van der Waals surface area contributed by atoms with E-state index in [1.54, 1.807) is 11.8 Å². The number of esters is 1. The number of ketones is 1. The van der Waals surface area contributed by atoms with Gasteiger partial charge < -0.3 is 30.7 Å². The van der Waals surface area contributed by atoms with Crippen LogP contribution in [-0.4, -0.2) is 92.2 Å². The number of nitrogens with zero attached hydrogens (tertiary/aromatic N) is 1. The van der Waals surface area contributed by atoms with Crippen molar-refractivity contribution >= 4 is 41.4 Å². The molecule has 4 aliphatic rings. The summed E-state index contributed by atoms with van der Waals surface area (Å²) in [5.41, 5.74) is 4.70. The van der Waals surface area contributed by atoms with Gasteiger partial charge in [-0.3, -0.25) is 24.0 Å². The average Bonchev–Trinajstić information content (AvgIpc) is 3.47. The van der Waals surface area contributed by atoms with Gasteiger partial charge in [-0.2, -0.15) is 0 Å². The van der Waals surface area contributed by atoms with Crippen molar-refractivity contribution in [3.63, 3.8) is 0 Å². The Balaban J connectivity index is 0.000000496. The quantitative estimate of drug-likeness (QED) is 0.0812. The van der Waals surface area contributed by atoms with Gasteiger partial charge in [-0.15, -0.1) is 18.3 Å². The van der Waals surface area contributed by atoms with Crippen molar-refractivity contribution in [2.45, 2.75) is 155 Å². The third kappa shape index (κ3) is 10.7. The number of hydrogen-bond acceptors (Lipinski definition) is 9. The first kappa shape index (κ1) is 45.0. The Morgan fingerprint density at radius 2 is 1.62 bits per heavy atom. The lowest BCUT2D eigenvalue weighted by molar-refractivity contribution is -0.205. The van der Waals surface area contributed by atoms with Crippen molar-refractivity contribution in [2.24, 2.45) is 45.7 Å². The summed E-state index contributed by atoms with van der Waals surface area (Å²) in [5.74, 6) is -1.36. The largest absolute Gasteiger partial charge is 0.481 e. The van der Waals surface area contributed by atoms with E-state index in [1.807, 2.05) is 31.7 Å². The highest BCUT2D eigenvalue weighted by molar-refractivity contribution is 8.00. The van der Waals surface area contributed by atoms with Crippen LogP contribution in [-0.2, 0) is 28.7 Å². The average molecular weight is 765 g/mol. The molecule has 4 rings (SSSR count). The molecule has 1 heterocycles. The fraction of sp³-hybridized carbons (Fsp3) is 0.829. The molecular weight excluding hydrogens is 697 g/mol. The van der Waals surface area contributed by atoms with Crippen LogP contribution in [0.15, 0.2) is 12.7 Å². The Morgan fingerprint density at radius 1 is 1.02 bits per heavy atom. The molecular formula is C41H68N2O9S. The van der Waals surface area contributed by atoms with Gasteiger partial charge in [0.25, 0.3) is 0 Å². The van der Waals surface area contributed by atoms with Crippen LogP contribution in [0.5, 0.6) is 0 Å². The summed E-state index contributed by atoms with van der Waals surface area (Å²) in [4.78, 5) is 61.9. The Labute approximate surface area is 321 Å². The number of nitrogens with two attached hydrogens (primary N) is 1. The number of unbranched alkanes of at least 4 members (excludes halogenated alkanes) is 4. The molecule has 1 saturated heterocycles. The van der Waals surface area contributed by atoms with Crippen LogP contribution in [0.4, 0.5) is 0 Å². The fourth-order valence-electron chi connectivity index (χ4n) is 9.73. The molecule has 2 unspecified atom stereocenters. The van der Waals surface area contributed by atoms with Gasteiger partial charge in [0, 0.05) is 54.3 Å². The minimum absolute atomic E-state index is 0.0159. The number of carboxylic acids is 2. The van der Waals surface area contributed by atoms with Crippen molar-refractivity contribution < 1.29 is 44.0 Å². The van der Waals surface area contributed by atoms with E-state index in [-0.39, 0.29) is 70.6 Å². The summed E-state index contributed by atoms with van der Waals surface area (Å²) in [6.45, 7) is 17.8. The van der Waals surface area contributed by atoms with Crippen LogP contribution >= 0.6 is 11.8 Å². The van der Waals surface area contributed by atoms with Gasteiger partial charge in [0.05, 0.1) is 17.9 Å². The summed E-state index contributed by atoms with van der Waals surface area (Å²) in [6.07, 6.45) is 10.7. The smallest absolute Gasteiger partial charge is 0.316 e. The van der Waals surface area contributed by atoms with Crippen molar-refractivity contribution in [1.82, 2.24) is 4.90 Å².